The summed E-state index contributed by atoms with van der Waals surface area (Å²) in [5.41, 5.74) is -8.67. The van der Waals surface area contributed by atoms with Crippen LogP contribution in [0.5, 0.6) is 0 Å². The summed E-state index contributed by atoms with van der Waals surface area (Å²) < 4.78 is 219. The molecule has 0 aliphatic heterocycles. The molecule has 0 radical (unpaired) electrons. The van der Waals surface area contributed by atoms with Gasteiger partial charge in [0, 0.05) is 21.5 Å². The molecule has 0 saturated heterocycles. The van der Waals surface area contributed by atoms with Crippen LogP contribution in [0.25, 0.3) is 88.4 Å². The highest BCUT2D eigenvalue weighted by Crippen LogP contribution is 2.48. The van der Waals surface area contributed by atoms with Gasteiger partial charge in [0.25, 0.3) is 0 Å². The van der Waals surface area contributed by atoms with Crippen molar-refractivity contribution in [3.63, 3.8) is 0 Å². The number of fused-ring (bicyclic) bond motifs is 6. The number of halogens is 15. The molecule has 2 aromatic heterocycles. The van der Waals surface area contributed by atoms with E-state index in [0.717, 1.165) is 6.07 Å². The molecule has 0 spiro atoms. The van der Waals surface area contributed by atoms with Gasteiger partial charge < -0.3 is 9.13 Å². The van der Waals surface area contributed by atoms with Crippen LogP contribution in [0.15, 0.2) is 158 Å². The van der Waals surface area contributed by atoms with Gasteiger partial charge in [-0.2, -0.15) is 71.1 Å². The molecule has 0 atom stereocenters. The molecular weight excluding hydrogens is 976 g/mol. The Morgan fingerprint density at radius 3 is 1.15 bits per heavy atom. The maximum Gasteiger partial charge on any atom is 0.417 e. The Morgan fingerprint density at radius 1 is 0.319 bits per heavy atom. The Labute approximate surface area is 395 Å². The summed E-state index contributed by atoms with van der Waals surface area (Å²) in [4.78, 5) is 0. The largest absolute Gasteiger partial charge is 0.417 e. The van der Waals surface area contributed by atoms with E-state index in [0.29, 0.717) is 40.6 Å². The lowest BCUT2D eigenvalue weighted by atomic mass is 9.95. The van der Waals surface area contributed by atoms with Gasteiger partial charge in [0.15, 0.2) is 0 Å². The molecule has 0 fully saturated rings. The van der Waals surface area contributed by atoms with E-state index in [-0.39, 0.29) is 73.1 Å². The van der Waals surface area contributed by atoms with Gasteiger partial charge in [-0.1, -0.05) is 72.8 Å². The topological polar surface area (TPSA) is 33.6 Å². The number of nitrogens with zero attached hydrogens (tertiary/aromatic N) is 3. The van der Waals surface area contributed by atoms with Crippen molar-refractivity contribution in [2.45, 2.75) is 30.9 Å². The smallest absolute Gasteiger partial charge is 0.307 e. The fraction of sp³-hybridized carbons (Fsp3) is 0.0926. The first-order chi connectivity index (χ1) is 33.8. The van der Waals surface area contributed by atoms with Crippen LogP contribution < -0.4 is 0 Å². The van der Waals surface area contributed by atoms with E-state index in [1.165, 1.54) is 77.4 Å². The summed E-state index contributed by atoms with van der Waals surface area (Å²) >= 11 is 0. The maximum absolute atomic E-state index is 15.6. The zero-order valence-electron chi connectivity index (χ0n) is 36.0. The van der Waals surface area contributed by atoms with Gasteiger partial charge in [-0.25, -0.2) is 0 Å². The number of benzene rings is 8. The summed E-state index contributed by atoms with van der Waals surface area (Å²) in [6.07, 6.45) is -25.8. The average molecular weight is 1000 g/mol. The fourth-order valence-electron chi connectivity index (χ4n) is 9.38. The Balaban J connectivity index is 1.30. The predicted octanol–water partition coefficient (Wildman–Crippen LogP) is 17.8. The molecule has 10 rings (SSSR count). The van der Waals surface area contributed by atoms with Crippen LogP contribution in [-0.2, 0) is 30.9 Å². The van der Waals surface area contributed by atoms with Gasteiger partial charge in [0.2, 0.25) is 0 Å². The number of nitriles is 1. The van der Waals surface area contributed by atoms with Crippen molar-refractivity contribution < 1.29 is 65.9 Å². The van der Waals surface area contributed by atoms with Gasteiger partial charge in [0.05, 0.1) is 72.9 Å². The van der Waals surface area contributed by atoms with E-state index in [1.54, 1.807) is 47.0 Å². The van der Waals surface area contributed by atoms with Crippen molar-refractivity contribution in [3.8, 4) is 50.8 Å². The van der Waals surface area contributed by atoms with Crippen LogP contribution in [-0.4, -0.2) is 9.13 Å². The number of aromatic nitrogens is 2. The summed E-state index contributed by atoms with van der Waals surface area (Å²) in [6, 6.07) is 32.1. The summed E-state index contributed by atoms with van der Waals surface area (Å²) in [5, 5.41) is 10.9. The van der Waals surface area contributed by atoms with Gasteiger partial charge in [-0.3, -0.25) is 0 Å². The third-order valence-electron chi connectivity index (χ3n) is 12.5. The number of hydrogen-bond acceptors (Lipinski definition) is 1. The third-order valence-corrected chi connectivity index (χ3v) is 12.5. The quantitative estimate of drug-likeness (QED) is 0.158. The molecule has 0 aliphatic carbocycles. The molecule has 0 amide bonds. The normalized spacial score (nSPS) is 12.9. The molecule has 10 aromatic rings. The van der Waals surface area contributed by atoms with Crippen LogP contribution in [0.3, 0.4) is 0 Å². The van der Waals surface area contributed by atoms with E-state index in [9.17, 15) is 57.9 Å². The van der Waals surface area contributed by atoms with Crippen molar-refractivity contribution >= 4 is 43.6 Å². The van der Waals surface area contributed by atoms with Gasteiger partial charge in [-0.15, -0.1) is 0 Å². The van der Waals surface area contributed by atoms with Crippen LogP contribution in [0.2, 0.25) is 0 Å². The highest BCUT2D eigenvalue weighted by molar-refractivity contribution is 6.13. The summed E-state index contributed by atoms with van der Waals surface area (Å²) in [6.45, 7) is 0. The van der Waals surface area contributed by atoms with Gasteiger partial charge in [0.1, 0.15) is 0 Å². The van der Waals surface area contributed by atoms with Crippen LogP contribution in [0.1, 0.15) is 33.4 Å². The lowest BCUT2D eigenvalue weighted by Gasteiger charge is -2.22. The standard InChI is InChI=1S/C54H26F15N3/c55-50(56,57)32-14-16-34(41(23-32)52(61,62)63)30-12-18-46-39(21-30)36-8-1-3-10-44(36)71(46)48-25-38(29-7-5-6-28(20-29)27-70)43(54(67,68)69)26-49(48)72-45-11-4-2-9-37(45)40-22-31(13-19-47(40)72)35-17-15-33(51(58,59)60)24-42(35)53(64,65)66/h1-26H. The van der Waals surface area contributed by atoms with Crippen molar-refractivity contribution in [1.29, 1.82) is 5.26 Å². The Bertz CT molecular complexity index is 3870. The van der Waals surface area contributed by atoms with E-state index < -0.39 is 75.4 Å². The van der Waals surface area contributed by atoms with E-state index >= 15 is 13.2 Å². The Kier molecular flexibility index (Phi) is 10.8. The van der Waals surface area contributed by atoms with Crippen molar-refractivity contribution in [2.24, 2.45) is 0 Å². The number of para-hydroxylation sites is 2. The number of hydrogen-bond donors (Lipinski definition) is 0. The third kappa shape index (κ3) is 8.11. The molecule has 3 nitrogen and oxygen atoms in total. The first-order valence-corrected chi connectivity index (χ1v) is 21.2. The van der Waals surface area contributed by atoms with Crippen molar-refractivity contribution in [1.82, 2.24) is 9.13 Å². The summed E-state index contributed by atoms with van der Waals surface area (Å²) in [5.74, 6) is 0. The first kappa shape index (κ1) is 47.5. The molecule has 2 heterocycles. The van der Waals surface area contributed by atoms with Crippen molar-refractivity contribution in [3.05, 3.63) is 191 Å². The molecule has 0 saturated carbocycles. The van der Waals surface area contributed by atoms with Crippen LogP contribution >= 0.6 is 0 Å². The van der Waals surface area contributed by atoms with Gasteiger partial charge >= 0.3 is 30.9 Å². The molecule has 0 bridgehead atoms. The molecule has 72 heavy (non-hydrogen) atoms. The SMILES string of the molecule is N#Cc1cccc(-c2cc(-n3c4ccccc4c4cc(-c5ccc(C(F)(F)F)cc5C(F)(F)F)ccc43)c(-n3c4ccccc4c4cc(-c5ccc(C(F)(F)F)cc5C(F)(F)F)ccc43)cc2C(F)(F)F)c1. The van der Waals surface area contributed by atoms with Crippen molar-refractivity contribution in [2.75, 3.05) is 0 Å². The molecule has 0 aliphatic rings. The predicted molar refractivity (Wildman–Crippen MR) is 241 cm³/mol. The van der Waals surface area contributed by atoms with E-state index in [1.807, 2.05) is 6.07 Å². The van der Waals surface area contributed by atoms with Gasteiger partial charge in [-0.05, 0) is 118 Å². The Hall–Kier alpha value is -8.20. The average Bonchev–Trinajstić information content (AvgIpc) is 3.83. The molecule has 0 N–H and O–H groups in total. The van der Waals surface area contributed by atoms with E-state index in [4.69, 9.17) is 0 Å². The second kappa shape index (κ2) is 16.4. The first-order valence-electron chi connectivity index (χ1n) is 21.2. The minimum atomic E-state index is -5.25. The zero-order chi connectivity index (χ0) is 51.4. The lowest BCUT2D eigenvalue weighted by molar-refractivity contribution is -0.144. The van der Waals surface area contributed by atoms with Crippen LogP contribution in [0.4, 0.5) is 65.9 Å². The second-order valence-electron chi connectivity index (χ2n) is 16.8. The zero-order valence-corrected chi connectivity index (χ0v) is 36.0. The molecule has 0 unspecified atom stereocenters. The number of alkyl halides is 15. The molecule has 8 aromatic carbocycles. The second-order valence-corrected chi connectivity index (χ2v) is 16.8. The molecule has 362 valence electrons. The Morgan fingerprint density at radius 2 is 0.722 bits per heavy atom. The minimum Gasteiger partial charge on any atom is -0.307 e. The summed E-state index contributed by atoms with van der Waals surface area (Å²) in [7, 11) is 0. The minimum absolute atomic E-state index is 0.00490. The maximum atomic E-state index is 15.6. The van der Waals surface area contributed by atoms with E-state index in [2.05, 4.69) is 0 Å². The molecular formula is C54H26F15N3. The monoisotopic (exact) mass is 1000 g/mol. The fourth-order valence-corrected chi connectivity index (χ4v) is 9.38. The molecule has 18 heteroatoms. The van der Waals surface area contributed by atoms with Crippen LogP contribution in [0, 0.1) is 11.3 Å². The highest BCUT2D eigenvalue weighted by Gasteiger charge is 2.41. The highest BCUT2D eigenvalue weighted by atomic mass is 19.4. The number of rotatable bonds is 5. The lowest BCUT2D eigenvalue weighted by Crippen LogP contribution is -2.12.